The van der Waals surface area contributed by atoms with Crippen LogP contribution in [0.25, 0.3) is 16.6 Å². The van der Waals surface area contributed by atoms with Crippen LogP contribution in [0.5, 0.6) is 0 Å². The molecule has 0 fully saturated rings. The van der Waals surface area contributed by atoms with E-state index in [1.807, 2.05) is 35.8 Å². The molecule has 1 amide bonds. The molecule has 2 aromatic heterocycles. The van der Waals surface area contributed by atoms with E-state index in [1.165, 1.54) is 23.5 Å². The highest BCUT2D eigenvalue weighted by Gasteiger charge is 2.34. The van der Waals surface area contributed by atoms with E-state index >= 15 is 0 Å². The summed E-state index contributed by atoms with van der Waals surface area (Å²) < 4.78 is 15.2. The first kappa shape index (κ1) is 22.9. The third-order valence-corrected chi connectivity index (χ3v) is 6.91. The van der Waals surface area contributed by atoms with Crippen LogP contribution in [0.4, 0.5) is 9.52 Å². The Morgan fingerprint density at radius 1 is 1.00 bits per heavy atom. The van der Waals surface area contributed by atoms with Crippen molar-refractivity contribution in [2.24, 2.45) is 11.8 Å². The quantitative estimate of drug-likeness (QED) is 0.281. The number of carbonyl (C=O) groups excluding carboxylic acids is 1. The first-order valence-electron chi connectivity index (χ1n) is 11.5. The molecule has 0 saturated carbocycles. The predicted molar refractivity (Wildman–Crippen MR) is 138 cm³/mol. The van der Waals surface area contributed by atoms with Crippen LogP contribution >= 0.6 is 11.3 Å². The van der Waals surface area contributed by atoms with E-state index in [0.717, 1.165) is 27.7 Å². The predicted octanol–water partition coefficient (Wildman–Crippen LogP) is 6.66. The van der Waals surface area contributed by atoms with E-state index in [-0.39, 0.29) is 29.5 Å². The SMILES string of the molecule is CC(C)C(C(=O)Nc1nccs1)C(c1ccccc1)c1ccc2c(cnn2-c2ccc(F)cc2)c1. The molecule has 0 aliphatic rings. The summed E-state index contributed by atoms with van der Waals surface area (Å²) in [5.41, 5.74) is 3.82. The first-order valence-corrected chi connectivity index (χ1v) is 12.4. The summed E-state index contributed by atoms with van der Waals surface area (Å²) in [6.45, 7) is 4.15. The maximum Gasteiger partial charge on any atom is 0.230 e. The Kier molecular flexibility index (Phi) is 6.42. The summed E-state index contributed by atoms with van der Waals surface area (Å²) in [7, 11) is 0. The fourth-order valence-electron chi connectivity index (χ4n) is 4.61. The highest BCUT2D eigenvalue weighted by Crippen LogP contribution is 2.38. The monoisotopic (exact) mass is 484 g/mol. The van der Waals surface area contributed by atoms with Gasteiger partial charge in [0.2, 0.25) is 5.91 Å². The first-order chi connectivity index (χ1) is 17.0. The number of anilines is 1. The zero-order valence-electron chi connectivity index (χ0n) is 19.4. The minimum absolute atomic E-state index is 0.0501. The maximum atomic E-state index is 13.5. The van der Waals surface area contributed by atoms with Gasteiger partial charge in [0.25, 0.3) is 0 Å². The van der Waals surface area contributed by atoms with Crippen LogP contribution in [0, 0.1) is 17.7 Å². The minimum atomic E-state index is -0.314. The smallest absolute Gasteiger partial charge is 0.230 e. The molecule has 1 N–H and O–H groups in total. The molecule has 5 nitrogen and oxygen atoms in total. The zero-order valence-corrected chi connectivity index (χ0v) is 20.2. The molecule has 7 heteroatoms. The van der Waals surface area contributed by atoms with Gasteiger partial charge in [-0.1, -0.05) is 50.2 Å². The number of fused-ring (bicyclic) bond motifs is 1. The van der Waals surface area contributed by atoms with Crippen LogP contribution in [0.15, 0.2) is 90.6 Å². The molecular formula is C28H25FN4OS. The van der Waals surface area contributed by atoms with Crippen molar-refractivity contribution in [3.05, 3.63) is 108 Å². The van der Waals surface area contributed by atoms with Gasteiger partial charge in [-0.25, -0.2) is 14.1 Å². The fourth-order valence-corrected chi connectivity index (χ4v) is 5.15. The molecule has 0 aliphatic heterocycles. The van der Waals surface area contributed by atoms with E-state index < -0.39 is 0 Å². The number of thiazole rings is 1. The van der Waals surface area contributed by atoms with Crippen LogP contribution in [0.1, 0.15) is 30.9 Å². The van der Waals surface area contributed by atoms with E-state index in [1.54, 1.807) is 23.0 Å². The number of rotatable bonds is 7. The molecule has 35 heavy (non-hydrogen) atoms. The molecule has 176 valence electrons. The molecule has 0 bridgehead atoms. The zero-order chi connectivity index (χ0) is 24.4. The largest absolute Gasteiger partial charge is 0.302 e. The summed E-state index contributed by atoms with van der Waals surface area (Å²) in [5.74, 6) is -0.724. The van der Waals surface area contributed by atoms with Gasteiger partial charge in [0.15, 0.2) is 5.13 Å². The van der Waals surface area contributed by atoms with E-state index in [4.69, 9.17) is 0 Å². The highest BCUT2D eigenvalue weighted by molar-refractivity contribution is 7.13. The average molecular weight is 485 g/mol. The van der Waals surface area contributed by atoms with Crippen LogP contribution in [0.3, 0.4) is 0 Å². The molecule has 3 aromatic carbocycles. The Balaban J connectivity index is 1.58. The van der Waals surface area contributed by atoms with Crippen LogP contribution in [0.2, 0.25) is 0 Å². The number of hydrogen-bond donors (Lipinski definition) is 1. The second kappa shape index (κ2) is 9.80. The number of halogens is 1. The third kappa shape index (κ3) is 4.72. The lowest BCUT2D eigenvalue weighted by atomic mass is 9.74. The number of benzene rings is 3. The normalized spacial score (nSPS) is 13.1. The summed E-state index contributed by atoms with van der Waals surface area (Å²) in [6, 6.07) is 22.6. The van der Waals surface area contributed by atoms with E-state index in [2.05, 4.69) is 53.5 Å². The van der Waals surface area contributed by atoms with Crippen molar-refractivity contribution >= 4 is 33.3 Å². The Morgan fingerprint density at radius 3 is 2.46 bits per heavy atom. The molecule has 0 spiro atoms. The van der Waals surface area contributed by atoms with Gasteiger partial charge in [0.1, 0.15) is 5.82 Å². The van der Waals surface area contributed by atoms with Gasteiger partial charge >= 0.3 is 0 Å². The van der Waals surface area contributed by atoms with Crippen molar-refractivity contribution in [2.45, 2.75) is 19.8 Å². The Morgan fingerprint density at radius 2 is 1.77 bits per heavy atom. The topological polar surface area (TPSA) is 59.8 Å². The standard InChI is InChI=1S/C28H25FN4OS/c1-18(2)25(27(34)32-28-30-14-15-35-28)26(19-6-4-3-5-7-19)20-8-13-24-21(16-20)17-31-33(24)23-11-9-22(29)10-12-23/h3-18,25-26H,1-2H3,(H,30,32,34). The lowest BCUT2D eigenvalue weighted by Crippen LogP contribution is -2.32. The van der Waals surface area contributed by atoms with Gasteiger partial charge in [-0.3, -0.25) is 4.79 Å². The lowest BCUT2D eigenvalue weighted by Gasteiger charge is -2.30. The highest BCUT2D eigenvalue weighted by atomic mass is 32.1. The van der Waals surface area contributed by atoms with Crippen LogP contribution < -0.4 is 5.32 Å². The van der Waals surface area contributed by atoms with Crippen LogP contribution in [-0.2, 0) is 4.79 Å². The molecule has 2 heterocycles. The molecule has 5 aromatic rings. The Hall–Kier alpha value is -3.84. The number of nitrogens with one attached hydrogen (secondary N) is 1. The second-order valence-electron chi connectivity index (χ2n) is 8.84. The summed E-state index contributed by atoms with van der Waals surface area (Å²) in [5, 5.41) is 11.0. The number of carbonyl (C=O) groups is 1. The molecule has 2 unspecified atom stereocenters. The number of amides is 1. The Bertz CT molecular complexity index is 1430. The lowest BCUT2D eigenvalue weighted by molar-refractivity contribution is -0.121. The van der Waals surface area contributed by atoms with Gasteiger partial charge in [-0.05, 0) is 53.4 Å². The molecule has 5 rings (SSSR count). The second-order valence-corrected chi connectivity index (χ2v) is 9.73. The summed E-state index contributed by atoms with van der Waals surface area (Å²) >= 11 is 1.41. The molecule has 2 atom stereocenters. The van der Waals surface area contributed by atoms with Crippen molar-refractivity contribution in [1.29, 1.82) is 0 Å². The Labute approximate surface area is 207 Å². The van der Waals surface area contributed by atoms with Crippen molar-refractivity contribution < 1.29 is 9.18 Å². The van der Waals surface area contributed by atoms with Gasteiger partial charge < -0.3 is 5.32 Å². The molecule has 0 radical (unpaired) electrons. The minimum Gasteiger partial charge on any atom is -0.302 e. The van der Waals surface area contributed by atoms with Gasteiger partial charge in [-0.15, -0.1) is 11.3 Å². The number of aromatic nitrogens is 3. The number of hydrogen-bond acceptors (Lipinski definition) is 4. The van der Waals surface area contributed by atoms with Crippen molar-refractivity contribution in [3.63, 3.8) is 0 Å². The average Bonchev–Trinajstić information content (AvgIpc) is 3.52. The fraction of sp³-hybridized carbons (Fsp3) is 0.179. The van der Waals surface area contributed by atoms with Crippen molar-refractivity contribution in [2.75, 3.05) is 5.32 Å². The van der Waals surface area contributed by atoms with Gasteiger partial charge in [0, 0.05) is 22.9 Å². The number of nitrogens with zero attached hydrogens (tertiary/aromatic N) is 3. The van der Waals surface area contributed by atoms with E-state index in [9.17, 15) is 9.18 Å². The van der Waals surface area contributed by atoms with Gasteiger partial charge in [0.05, 0.1) is 23.3 Å². The van der Waals surface area contributed by atoms with Gasteiger partial charge in [-0.2, -0.15) is 5.10 Å². The van der Waals surface area contributed by atoms with Crippen molar-refractivity contribution in [3.8, 4) is 5.69 Å². The third-order valence-electron chi connectivity index (χ3n) is 6.22. The summed E-state index contributed by atoms with van der Waals surface area (Å²) in [6.07, 6.45) is 3.50. The van der Waals surface area contributed by atoms with E-state index in [0.29, 0.717) is 5.13 Å². The summed E-state index contributed by atoms with van der Waals surface area (Å²) in [4.78, 5) is 17.8. The van der Waals surface area contributed by atoms with Crippen LogP contribution in [-0.4, -0.2) is 20.7 Å². The molecule has 0 saturated heterocycles. The maximum absolute atomic E-state index is 13.5. The molecule has 0 aliphatic carbocycles. The molecular weight excluding hydrogens is 459 g/mol. The van der Waals surface area contributed by atoms with Crippen molar-refractivity contribution in [1.82, 2.24) is 14.8 Å².